The Morgan fingerprint density at radius 2 is 1.80 bits per heavy atom. The average Bonchev–Trinajstić information content (AvgIpc) is 2.78. The van der Waals surface area contributed by atoms with Crippen LogP contribution in [0.1, 0.15) is 11.1 Å². The van der Waals surface area contributed by atoms with Crippen molar-refractivity contribution >= 4 is 34.3 Å². The smallest absolute Gasteiger partial charge is 0.121 e. The molecule has 0 aliphatic carbocycles. The average molecular weight is 436 g/mol. The van der Waals surface area contributed by atoms with Gasteiger partial charge in [-0.05, 0) is 66.6 Å². The molecule has 0 saturated carbocycles. The van der Waals surface area contributed by atoms with Crippen LogP contribution in [0, 0.1) is 0 Å². The fraction of sp³-hybridized carbons (Fsp3) is 0.167. The Balaban J connectivity index is 1.53. The number of nitrogens with zero attached hydrogens (tertiary/aromatic N) is 2. The lowest BCUT2D eigenvalue weighted by Crippen LogP contribution is -2.17. The summed E-state index contributed by atoms with van der Waals surface area (Å²) in [5, 5.41) is 6.41. The number of hydrogen-bond acceptors (Lipinski definition) is 5. The lowest BCUT2D eigenvalue weighted by Gasteiger charge is -2.12. The van der Waals surface area contributed by atoms with Gasteiger partial charge in [0.25, 0.3) is 0 Å². The van der Waals surface area contributed by atoms with Crippen LogP contribution >= 0.6 is 23.4 Å². The molecule has 0 atom stereocenters. The van der Waals surface area contributed by atoms with Gasteiger partial charge in [-0.15, -0.1) is 0 Å². The number of nitrogens with one attached hydrogen (secondary N) is 1. The van der Waals surface area contributed by atoms with E-state index >= 15 is 0 Å². The van der Waals surface area contributed by atoms with E-state index in [1.807, 2.05) is 36.4 Å². The van der Waals surface area contributed by atoms with Crippen molar-refractivity contribution < 1.29 is 4.74 Å². The summed E-state index contributed by atoms with van der Waals surface area (Å²) >= 11 is 7.62. The molecule has 0 aliphatic rings. The third-order valence-corrected chi connectivity index (χ3v) is 6.05. The Hall–Kier alpha value is -2.60. The Morgan fingerprint density at radius 1 is 1.00 bits per heavy atom. The SMILES string of the molecule is COc1ccc2cc(CNCCc3ccc(Cl)cc3)c(Sc3ccncc3)nc2c1. The summed E-state index contributed by atoms with van der Waals surface area (Å²) in [5.74, 6) is 0.809. The fourth-order valence-corrected chi connectivity index (χ4v) is 4.15. The summed E-state index contributed by atoms with van der Waals surface area (Å²) in [6.07, 6.45) is 4.55. The number of rotatable bonds is 8. The van der Waals surface area contributed by atoms with Crippen LogP contribution in [0.3, 0.4) is 0 Å². The van der Waals surface area contributed by atoms with E-state index in [-0.39, 0.29) is 0 Å². The zero-order valence-electron chi connectivity index (χ0n) is 16.6. The van der Waals surface area contributed by atoms with Crippen LogP contribution < -0.4 is 10.1 Å². The molecule has 1 N–H and O–H groups in total. The number of methoxy groups -OCH3 is 1. The summed E-state index contributed by atoms with van der Waals surface area (Å²) in [6.45, 7) is 1.62. The third kappa shape index (κ3) is 5.30. The van der Waals surface area contributed by atoms with Gasteiger partial charge in [0.1, 0.15) is 10.8 Å². The highest BCUT2D eigenvalue weighted by molar-refractivity contribution is 7.99. The van der Waals surface area contributed by atoms with Gasteiger partial charge in [0.2, 0.25) is 0 Å². The Morgan fingerprint density at radius 3 is 2.57 bits per heavy atom. The van der Waals surface area contributed by atoms with Gasteiger partial charge in [0.05, 0.1) is 12.6 Å². The molecule has 0 unspecified atom stereocenters. The summed E-state index contributed by atoms with van der Waals surface area (Å²) in [7, 11) is 1.67. The van der Waals surface area contributed by atoms with Crippen LogP contribution in [0.5, 0.6) is 5.75 Å². The maximum absolute atomic E-state index is 5.97. The molecule has 2 aromatic carbocycles. The first-order valence-corrected chi connectivity index (χ1v) is 10.9. The number of fused-ring (bicyclic) bond motifs is 1. The van der Waals surface area contributed by atoms with E-state index in [4.69, 9.17) is 21.3 Å². The molecule has 4 rings (SSSR count). The normalized spacial score (nSPS) is 11.0. The fourth-order valence-electron chi connectivity index (χ4n) is 3.14. The molecule has 0 radical (unpaired) electrons. The molecule has 4 aromatic rings. The molecule has 0 spiro atoms. The molecule has 0 amide bonds. The molecule has 0 bridgehead atoms. The first-order chi connectivity index (χ1) is 14.7. The van der Waals surface area contributed by atoms with Crippen molar-refractivity contribution in [3.8, 4) is 5.75 Å². The van der Waals surface area contributed by atoms with E-state index in [0.29, 0.717) is 0 Å². The lowest BCUT2D eigenvalue weighted by atomic mass is 10.1. The summed E-state index contributed by atoms with van der Waals surface area (Å²) in [5.41, 5.74) is 3.36. The van der Waals surface area contributed by atoms with Crippen molar-refractivity contribution in [2.75, 3.05) is 13.7 Å². The van der Waals surface area contributed by atoms with E-state index in [0.717, 1.165) is 51.1 Å². The number of halogens is 1. The van der Waals surface area contributed by atoms with E-state index in [1.165, 1.54) is 11.1 Å². The zero-order chi connectivity index (χ0) is 20.8. The lowest BCUT2D eigenvalue weighted by molar-refractivity contribution is 0.415. The highest BCUT2D eigenvalue weighted by Crippen LogP contribution is 2.31. The first kappa shape index (κ1) is 20.7. The van der Waals surface area contributed by atoms with Gasteiger partial charge in [-0.3, -0.25) is 4.98 Å². The minimum absolute atomic E-state index is 0.746. The van der Waals surface area contributed by atoms with Crippen molar-refractivity contribution in [2.45, 2.75) is 22.9 Å². The second-order valence-corrected chi connectivity index (χ2v) is 8.35. The molecule has 0 fully saturated rings. The first-order valence-electron chi connectivity index (χ1n) is 9.72. The minimum Gasteiger partial charge on any atom is -0.497 e. The summed E-state index contributed by atoms with van der Waals surface area (Å²) < 4.78 is 5.36. The van der Waals surface area contributed by atoms with Gasteiger partial charge in [-0.1, -0.05) is 35.5 Å². The van der Waals surface area contributed by atoms with Gasteiger partial charge in [-0.2, -0.15) is 0 Å². The zero-order valence-corrected chi connectivity index (χ0v) is 18.2. The molecule has 30 heavy (non-hydrogen) atoms. The van der Waals surface area contributed by atoms with Crippen molar-refractivity contribution in [3.63, 3.8) is 0 Å². The quantitative estimate of drug-likeness (QED) is 0.356. The van der Waals surface area contributed by atoms with Gasteiger partial charge in [0.15, 0.2) is 0 Å². The van der Waals surface area contributed by atoms with Crippen molar-refractivity contribution in [1.82, 2.24) is 15.3 Å². The Bertz CT molecular complexity index is 1120. The predicted molar refractivity (Wildman–Crippen MR) is 124 cm³/mol. The maximum atomic E-state index is 5.97. The largest absolute Gasteiger partial charge is 0.497 e. The second kappa shape index (κ2) is 9.94. The molecule has 0 aliphatic heterocycles. The van der Waals surface area contributed by atoms with Gasteiger partial charge in [-0.25, -0.2) is 4.98 Å². The Labute approximate surface area is 185 Å². The number of ether oxygens (including phenoxy) is 1. The molecular formula is C24H22ClN3OS. The van der Waals surface area contributed by atoms with Crippen molar-refractivity contribution in [1.29, 1.82) is 0 Å². The Kier molecular flexibility index (Phi) is 6.84. The highest BCUT2D eigenvalue weighted by atomic mass is 35.5. The third-order valence-electron chi connectivity index (χ3n) is 4.75. The molecule has 0 saturated heterocycles. The molecule has 152 valence electrons. The van der Waals surface area contributed by atoms with E-state index in [9.17, 15) is 0 Å². The number of hydrogen-bond donors (Lipinski definition) is 1. The van der Waals surface area contributed by atoms with Crippen LogP contribution in [0.15, 0.2) is 83.0 Å². The van der Waals surface area contributed by atoms with Crippen LogP contribution in [0.4, 0.5) is 0 Å². The predicted octanol–water partition coefficient (Wildman–Crippen LogP) is 5.78. The minimum atomic E-state index is 0.746. The van der Waals surface area contributed by atoms with Crippen LogP contribution in [0.25, 0.3) is 10.9 Å². The van der Waals surface area contributed by atoms with Crippen LogP contribution in [-0.4, -0.2) is 23.6 Å². The number of benzene rings is 2. The van der Waals surface area contributed by atoms with E-state index < -0.39 is 0 Å². The topological polar surface area (TPSA) is 47.0 Å². The van der Waals surface area contributed by atoms with Gasteiger partial charge < -0.3 is 10.1 Å². The monoisotopic (exact) mass is 435 g/mol. The van der Waals surface area contributed by atoms with Gasteiger partial charge in [0, 0.05) is 40.3 Å². The van der Waals surface area contributed by atoms with Crippen LogP contribution in [-0.2, 0) is 13.0 Å². The maximum Gasteiger partial charge on any atom is 0.121 e. The number of aromatic nitrogens is 2. The van der Waals surface area contributed by atoms with Crippen molar-refractivity contribution in [2.24, 2.45) is 0 Å². The molecular weight excluding hydrogens is 414 g/mol. The molecule has 6 heteroatoms. The second-order valence-electron chi connectivity index (χ2n) is 6.85. The standard InChI is InChI=1S/C24H22ClN3OS/c1-29-21-7-4-18-14-19(16-27-11-8-17-2-5-20(25)6-3-17)24(28-23(18)15-21)30-22-9-12-26-13-10-22/h2-7,9-10,12-15,27H,8,11,16H2,1H3. The number of pyridine rings is 2. The van der Waals surface area contributed by atoms with E-state index in [1.54, 1.807) is 31.3 Å². The molecule has 4 nitrogen and oxygen atoms in total. The molecule has 2 aromatic heterocycles. The summed E-state index contributed by atoms with van der Waals surface area (Å²) in [6, 6.07) is 20.2. The van der Waals surface area contributed by atoms with Gasteiger partial charge >= 0.3 is 0 Å². The summed E-state index contributed by atoms with van der Waals surface area (Å²) in [4.78, 5) is 10.2. The highest BCUT2D eigenvalue weighted by Gasteiger charge is 2.10. The van der Waals surface area contributed by atoms with E-state index in [2.05, 4.69) is 34.6 Å². The van der Waals surface area contributed by atoms with Crippen LogP contribution in [0.2, 0.25) is 5.02 Å². The molecule has 2 heterocycles. The van der Waals surface area contributed by atoms with Crippen molar-refractivity contribution in [3.05, 3.63) is 89.2 Å².